The predicted molar refractivity (Wildman–Crippen MR) is 64.2 cm³/mol. The Balaban J connectivity index is 1.95. The summed E-state index contributed by atoms with van der Waals surface area (Å²) in [5.41, 5.74) is 0.883. The van der Waals surface area contributed by atoms with E-state index in [2.05, 4.69) is 9.88 Å². The van der Waals surface area contributed by atoms with Crippen molar-refractivity contribution in [3.05, 3.63) is 30.3 Å². The van der Waals surface area contributed by atoms with Crippen molar-refractivity contribution in [2.75, 3.05) is 6.54 Å². The fourth-order valence-corrected chi connectivity index (χ4v) is 2.65. The lowest BCUT2D eigenvalue weighted by Gasteiger charge is -2.10. The van der Waals surface area contributed by atoms with Crippen LogP contribution in [0, 0.1) is 0 Å². The van der Waals surface area contributed by atoms with E-state index < -0.39 is 10.0 Å². The lowest BCUT2D eigenvalue weighted by Crippen LogP contribution is -2.32. The molecule has 1 aromatic rings. The largest absolute Gasteiger partial charge is 0.391 e. The van der Waals surface area contributed by atoms with Crippen LogP contribution in [0.3, 0.4) is 0 Å². The minimum absolute atomic E-state index is 0.200. The van der Waals surface area contributed by atoms with Crippen molar-refractivity contribution < 1.29 is 13.3 Å². The van der Waals surface area contributed by atoms with Crippen molar-refractivity contribution in [1.29, 1.82) is 0 Å². The first-order chi connectivity index (χ1) is 8.08. The third-order valence-corrected chi connectivity index (χ3v) is 3.87. The van der Waals surface area contributed by atoms with Crippen molar-refractivity contribution in [1.82, 2.24) is 4.72 Å². The van der Waals surface area contributed by atoms with E-state index in [0.717, 1.165) is 5.71 Å². The van der Waals surface area contributed by atoms with Crippen LogP contribution in [0.2, 0.25) is 0 Å². The Morgan fingerprint density at radius 1 is 1.41 bits per heavy atom. The van der Waals surface area contributed by atoms with Gasteiger partial charge >= 0.3 is 0 Å². The summed E-state index contributed by atoms with van der Waals surface area (Å²) in [5, 5.41) is 3.77. The lowest BCUT2D eigenvalue weighted by molar-refractivity contribution is 0.0891. The molecule has 1 aliphatic rings. The molecule has 1 N–H and O–H groups in total. The molecule has 5 nitrogen and oxygen atoms in total. The summed E-state index contributed by atoms with van der Waals surface area (Å²) in [4.78, 5) is 5.32. The number of benzene rings is 1. The van der Waals surface area contributed by atoms with Gasteiger partial charge in [-0.05, 0) is 19.1 Å². The van der Waals surface area contributed by atoms with Gasteiger partial charge in [0.25, 0.3) is 0 Å². The van der Waals surface area contributed by atoms with E-state index in [4.69, 9.17) is 4.84 Å². The first kappa shape index (κ1) is 12.1. The fraction of sp³-hybridized carbons (Fsp3) is 0.364. The van der Waals surface area contributed by atoms with Gasteiger partial charge in [-0.2, -0.15) is 0 Å². The molecule has 0 aromatic heterocycles. The summed E-state index contributed by atoms with van der Waals surface area (Å²) in [5.74, 6) is 0. The van der Waals surface area contributed by atoms with Gasteiger partial charge in [0.05, 0.1) is 17.2 Å². The zero-order valence-corrected chi connectivity index (χ0v) is 10.3. The highest BCUT2D eigenvalue weighted by Gasteiger charge is 2.21. The van der Waals surface area contributed by atoms with Gasteiger partial charge in [-0.3, -0.25) is 0 Å². The first-order valence-corrected chi connectivity index (χ1v) is 6.80. The summed E-state index contributed by atoms with van der Waals surface area (Å²) in [6.45, 7) is 2.09. The Hall–Kier alpha value is -1.40. The van der Waals surface area contributed by atoms with Crippen LogP contribution in [0.15, 0.2) is 40.4 Å². The molecule has 0 fully saturated rings. The minimum Gasteiger partial charge on any atom is -0.391 e. The Kier molecular flexibility index (Phi) is 3.44. The van der Waals surface area contributed by atoms with Crippen LogP contribution in [-0.2, 0) is 14.9 Å². The predicted octanol–water partition coefficient (Wildman–Crippen LogP) is 1.13. The second-order valence-corrected chi connectivity index (χ2v) is 5.69. The number of hydrogen-bond acceptors (Lipinski definition) is 4. The Morgan fingerprint density at radius 3 is 2.71 bits per heavy atom. The van der Waals surface area contributed by atoms with Crippen LogP contribution < -0.4 is 4.72 Å². The molecule has 0 radical (unpaired) electrons. The third-order valence-electron chi connectivity index (χ3n) is 2.44. The quantitative estimate of drug-likeness (QED) is 0.875. The average Bonchev–Trinajstić information content (AvgIpc) is 2.74. The molecule has 0 aliphatic carbocycles. The molecular weight excluding hydrogens is 240 g/mol. The van der Waals surface area contributed by atoms with E-state index in [1.807, 2.05) is 6.92 Å². The van der Waals surface area contributed by atoms with E-state index in [0.29, 0.717) is 6.42 Å². The van der Waals surface area contributed by atoms with Gasteiger partial charge in [0.1, 0.15) is 6.10 Å². The van der Waals surface area contributed by atoms with Gasteiger partial charge in [-0.25, -0.2) is 13.1 Å². The maximum absolute atomic E-state index is 11.9. The average molecular weight is 254 g/mol. The van der Waals surface area contributed by atoms with Gasteiger partial charge in [0.2, 0.25) is 10.0 Å². The van der Waals surface area contributed by atoms with E-state index in [-0.39, 0.29) is 17.5 Å². The van der Waals surface area contributed by atoms with Crippen molar-refractivity contribution >= 4 is 15.7 Å². The Bertz CT molecular complexity index is 511. The van der Waals surface area contributed by atoms with E-state index in [1.54, 1.807) is 30.3 Å². The number of nitrogens with zero attached hydrogens (tertiary/aromatic N) is 1. The molecule has 0 amide bonds. The molecule has 1 heterocycles. The van der Waals surface area contributed by atoms with Crippen molar-refractivity contribution in [2.45, 2.75) is 24.3 Å². The van der Waals surface area contributed by atoms with Gasteiger partial charge in [-0.1, -0.05) is 23.4 Å². The normalized spacial score (nSPS) is 19.8. The maximum Gasteiger partial charge on any atom is 0.240 e. The highest BCUT2D eigenvalue weighted by molar-refractivity contribution is 7.89. The highest BCUT2D eigenvalue weighted by atomic mass is 32.2. The first-order valence-electron chi connectivity index (χ1n) is 5.32. The molecule has 1 aromatic carbocycles. The summed E-state index contributed by atoms with van der Waals surface area (Å²) >= 11 is 0. The van der Waals surface area contributed by atoms with E-state index in [1.165, 1.54) is 0 Å². The van der Waals surface area contributed by atoms with Crippen LogP contribution in [0.1, 0.15) is 13.3 Å². The van der Waals surface area contributed by atoms with Gasteiger partial charge in [0.15, 0.2) is 0 Å². The number of oxime groups is 1. The molecule has 1 atom stereocenters. The van der Waals surface area contributed by atoms with Gasteiger partial charge < -0.3 is 4.84 Å². The van der Waals surface area contributed by atoms with Crippen LogP contribution in [0.5, 0.6) is 0 Å². The summed E-state index contributed by atoms with van der Waals surface area (Å²) < 4.78 is 26.2. The summed E-state index contributed by atoms with van der Waals surface area (Å²) in [7, 11) is -3.45. The molecule has 17 heavy (non-hydrogen) atoms. The molecule has 0 saturated carbocycles. The second-order valence-electron chi connectivity index (χ2n) is 3.92. The van der Waals surface area contributed by atoms with E-state index >= 15 is 0 Å². The molecule has 0 bridgehead atoms. The molecule has 0 spiro atoms. The van der Waals surface area contributed by atoms with Gasteiger partial charge in [0, 0.05) is 6.42 Å². The van der Waals surface area contributed by atoms with Crippen molar-refractivity contribution in [2.24, 2.45) is 5.16 Å². The number of nitrogens with one attached hydrogen (secondary N) is 1. The lowest BCUT2D eigenvalue weighted by atomic mass is 10.2. The Morgan fingerprint density at radius 2 is 2.12 bits per heavy atom. The molecule has 92 valence electrons. The topological polar surface area (TPSA) is 67.8 Å². The van der Waals surface area contributed by atoms with E-state index in [9.17, 15) is 8.42 Å². The molecular formula is C11H14N2O3S. The summed E-state index contributed by atoms with van der Waals surface area (Å²) in [6.07, 6.45) is 0.464. The summed E-state index contributed by atoms with van der Waals surface area (Å²) in [6, 6.07) is 8.26. The zero-order valence-electron chi connectivity index (χ0n) is 9.46. The fourth-order valence-electron chi connectivity index (χ4n) is 1.56. The minimum atomic E-state index is -3.45. The molecule has 0 saturated heterocycles. The smallest absolute Gasteiger partial charge is 0.240 e. The molecule has 0 unspecified atom stereocenters. The number of hydrogen-bond donors (Lipinski definition) is 1. The van der Waals surface area contributed by atoms with Crippen LogP contribution in [0.4, 0.5) is 0 Å². The van der Waals surface area contributed by atoms with Crippen LogP contribution >= 0.6 is 0 Å². The molecule has 6 heteroatoms. The van der Waals surface area contributed by atoms with Crippen molar-refractivity contribution in [3.63, 3.8) is 0 Å². The van der Waals surface area contributed by atoms with Crippen LogP contribution in [0.25, 0.3) is 0 Å². The SMILES string of the molecule is CC1=NO[C@@H](CNS(=O)(=O)c2ccccc2)C1. The Labute approximate surface area is 101 Å². The zero-order chi connectivity index (χ0) is 12.3. The third kappa shape index (κ3) is 3.04. The highest BCUT2D eigenvalue weighted by Crippen LogP contribution is 2.11. The van der Waals surface area contributed by atoms with Gasteiger partial charge in [-0.15, -0.1) is 0 Å². The maximum atomic E-state index is 11.9. The van der Waals surface area contributed by atoms with Crippen molar-refractivity contribution in [3.8, 4) is 0 Å². The van der Waals surface area contributed by atoms with Crippen LogP contribution in [-0.4, -0.2) is 26.8 Å². The second kappa shape index (κ2) is 4.85. The number of sulfonamides is 1. The monoisotopic (exact) mass is 254 g/mol. The number of rotatable bonds is 4. The molecule has 2 rings (SSSR count). The molecule has 1 aliphatic heterocycles. The standard InChI is InChI=1S/C11H14N2O3S/c1-9-7-10(16-13-9)8-12-17(14,15)11-5-3-2-4-6-11/h2-6,10,12H,7-8H2,1H3/t10-/m1/s1.